The molecule has 1 aromatic carbocycles. The molecular weight excluding hydrogens is 412 g/mol. The first kappa shape index (κ1) is 22.5. The number of aromatic nitrogens is 1. The third kappa shape index (κ3) is 6.69. The Labute approximate surface area is 185 Å². The fraction of sp³-hybridized carbons (Fsp3) is 0.217. The van der Waals surface area contributed by atoms with Crippen molar-refractivity contribution in [3.05, 3.63) is 72.8 Å². The lowest BCUT2D eigenvalue weighted by atomic mass is 10.2. The SMILES string of the molecule is COc1ccc(N(CC(=O)NCc2ccco2)C(=O)CCC(=O)Nc2ccccn2)cc1. The maximum Gasteiger partial charge on any atom is 0.240 e. The molecule has 0 spiro atoms. The van der Waals surface area contributed by atoms with Gasteiger partial charge in [0.15, 0.2) is 0 Å². The molecule has 3 amide bonds. The highest BCUT2D eigenvalue weighted by atomic mass is 16.5. The Bertz CT molecular complexity index is 1020. The summed E-state index contributed by atoms with van der Waals surface area (Å²) in [5.74, 6) is 0.580. The molecule has 3 aromatic rings. The van der Waals surface area contributed by atoms with E-state index in [0.717, 1.165) is 0 Å². The minimum Gasteiger partial charge on any atom is -0.497 e. The van der Waals surface area contributed by atoms with E-state index in [9.17, 15) is 14.4 Å². The van der Waals surface area contributed by atoms with Gasteiger partial charge in [0.2, 0.25) is 17.7 Å². The Balaban J connectivity index is 1.62. The van der Waals surface area contributed by atoms with Crippen molar-refractivity contribution in [2.75, 3.05) is 23.9 Å². The van der Waals surface area contributed by atoms with Crippen LogP contribution in [-0.4, -0.2) is 36.4 Å². The van der Waals surface area contributed by atoms with Gasteiger partial charge in [0.25, 0.3) is 0 Å². The van der Waals surface area contributed by atoms with Gasteiger partial charge in [0.05, 0.1) is 19.9 Å². The van der Waals surface area contributed by atoms with Crippen LogP contribution in [0, 0.1) is 0 Å². The Morgan fingerprint density at radius 1 is 1.00 bits per heavy atom. The van der Waals surface area contributed by atoms with Gasteiger partial charge in [-0.2, -0.15) is 0 Å². The fourth-order valence-corrected chi connectivity index (χ4v) is 2.88. The van der Waals surface area contributed by atoms with Crippen LogP contribution in [-0.2, 0) is 20.9 Å². The van der Waals surface area contributed by atoms with E-state index in [1.165, 1.54) is 11.2 Å². The monoisotopic (exact) mass is 436 g/mol. The molecule has 0 aliphatic heterocycles. The standard InChI is InChI=1S/C23H24N4O5/c1-31-18-9-7-17(8-10-18)27(16-22(29)25-15-19-5-4-14-32-19)23(30)12-11-21(28)26-20-6-2-3-13-24-20/h2-10,13-14H,11-12,15-16H2,1H3,(H,25,29)(H,24,26,28). The number of carbonyl (C=O) groups excluding carboxylic acids is 3. The number of furan rings is 1. The number of carbonyl (C=O) groups is 3. The first-order chi connectivity index (χ1) is 15.5. The Morgan fingerprint density at radius 2 is 1.81 bits per heavy atom. The van der Waals surface area contributed by atoms with E-state index in [1.807, 2.05) is 0 Å². The van der Waals surface area contributed by atoms with Crippen LogP contribution in [0.5, 0.6) is 5.75 Å². The zero-order valence-electron chi connectivity index (χ0n) is 17.6. The number of amides is 3. The third-order valence-electron chi connectivity index (χ3n) is 4.53. The molecule has 0 unspecified atom stereocenters. The van der Waals surface area contributed by atoms with Gasteiger partial charge in [-0.25, -0.2) is 4.98 Å². The van der Waals surface area contributed by atoms with Gasteiger partial charge < -0.3 is 24.7 Å². The van der Waals surface area contributed by atoms with Crippen LogP contribution in [0.3, 0.4) is 0 Å². The van der Waals surface area contributed by atoms with E-state index in [1.54, 1.807) is 67.9 Å². The van der Waals surface area contributed by atoms with Crippen LogP contribution in [0.1, 0.15) is 18.6 Å². The molecule has 0 aliphatic rings. The number of rotatable bonds is 10. The van der Waals surface area contributed by atoms with Gasteiger partial charge in [-0.15, -0.1) is 0 Å². The summed E-state index contributed by atoms with van der Waals surface area (Å²) in [6.45, 7) is 0.0106. The van der Waals surface area contributed by atoms with Crippen LogP contribution in [0.4, 0.5) is 11.5 Å². The predicted molar refractivity (Wildman–Crippen MR) is 118 cm³/mol. The lowest BCUT2D eigenvalue weighted by Gasteiger charge is -2.22. The normalized spacial score (nSPS) is 10.3. The molecule has 166 valence electrons. The van der Waals surface area contributed by atoms with Gasteiger partial charge in [-0.05, 0) is 48.5 Å². The maximum absolute atomic E-state index is 12.9. The number of hydrogen-bond donors (Lipinski definition) is 2. The molecule has 0 radical (unpaired) electrons. The number of pyridine rings is 1. The number of anilines is 2. The summed E-state index contributed by atoms with van der Waals surface area (Å²) in [5.41, 5.74) is 0.522. The van der Waals surface area contributed by atoms with Gasteiger partial charge in [-0.1, -0.05) is 6.07 Å². The highest BCUT2D eigenvalue weighted by molar-refractivity contribution is 6.01. The van der Waals surface area contributed by atoms with Gasteiger partial charge >= 0.3 is 0 Å². The van der Waals surface area contributed by atoms with Crippen LogP contribution in [0.2, 0.25) is 0 Å². The van der Waals surface area contributed by atoms with Crippen molar-refractivity contribution in [1.29, 1.82) is 0 Å². The Hall–Kier alpha value is -4.14. The number of hydrogen-bond acceptors (Lipinski definition) is 6. The smallest absolute Gasteiger partial charge is 0.240 e. The van der Waals surface area contributed by atoms with E-state index < -0.39 is 0 Å². The molecule has 9 nitrogen and oxygen atoms in total. The molecule has 0 atom stereocenters. The summed E-state index contributed by atoms with van der Waals surface area (Å²) in [4.78, 5) is 42.9. The van der Waals surface area contributed by atoms with Crippen LogP contribution in [0.15, 0.2) is 71.5 Å². The molecule has 32 heavy (non-hydrogen) atoms. The quantitative estimate of drug-likeness (QED) is 0.505. The Morgan fingerprint density at radius 3 is 2.47 bits per heavy atom. The summed E-state index contributed by atoms with van der Waals surface area (Å²) >= 11 is 0. The van der Waals surface area contributed by atoms with Gasteiger partial charge in [0, 0.05) is 24.7 Å². The lowest BCUT2D eigenvalue weighted by Crippen LogP contribution is -2.41. The van der Waals surface area contributed by atoms with Crippen molar-refractivity contribution in [3.63, 3.8) is 0 Å². The fourth-order valence-electron chi connectivity index (χ4n) is 2.88. The molecule has 0 saturated heterocycles. The average Bonchev–Trinajstić information content (AvgIpc) is 3.34. The molecule has 9 heteroatoms. The number of nitrogens with zero attached hydrogens (tertiary/aromatic N) is 2. The topological polar surface area (TPSA) is 114 Å². The molecule has 2 heterocycles. The number of ether oxygens (including phenoxy) is 1. The summed E-state index contributed by atoms with van der Waals surface area (Å²) in [5, 5.41) is 5.36. The second-order valence-corrected chi connectivity index (χ2v) is 6.80. The average molecular weight is 436 g/mol. The minimum absolute atomic E-state index is 0.0456. The first-order valence-electron chi connectivity index (χ1n) is 9.99. The highest BCUT2D eigenvalue weighted by Gasteiger charge is 2.20. The predicted octanol–water partition coefficient (Wildman–Crippen LogP) is 2.75. The molecule has 2 N–H and O–H groups in total. The Kier molecular flexibility index (Phi) is 7.96. The van der Waals surface area contributed by atoms with Crippen molar-refractivity contribution >= 4 is 29.2 Å². The van der Waals surface area contributed by atoms with Crippen LogP contribution < -0.4 is 20.3 Å². The van der Waals surface area contributed by atoms with Crippen molar-refractivity contribution in [2.24, 2.45) is 0 Å². The summed E-state index contributed by atoms with van der Waals surface area (Å²) in [6, 6.07) is 15.4. The number of methoxy groups -OCH3 is 1. The highest BCUT2D eigenvalue weighted by Crippen LogP contribution is 2.20. The molecule has 0 saturated carbocycles. The van der Waals surface area contributed by atoms with Crippen molar-refractivity contribution in [1.82, 2.24) is 10.3 Å². The van der Waals surface area contributed by atoms with Crippen LogP contribution in [0.25, 0.3) is 0 Å². The zero-order valence-corrected chi connectivity index (χ0v) is 17.6. The molecule has 0 fully saturated rings. The third-order valence-corrected chi connectivity index (χ3v) is 4.53. The summed E-state index contributed by atoms with van der Waals surface area (Å²) < 4.78 is 10.4. The number of nitrogens with one attached hydrogen (secondary N) is 2. The van der Waals surface area contributed by atoms with Crippen LogP contribution >= 0.6 is 0 Å². The van der Waals surface area contributed by atoms with Crippen molar-refractivity contribution in [2.45, 2.75) is 19.4 Å². The first-order valence-corrected chi connectivity index (χ1v) is 9.99. The van der Waals surface area contributed by atoms with E-state index in [0.29, 0.717) is 23.0 Å². The van der Waals surface area contributed by atoms with E-state index in [4.69, 9.17) is 9.15 Å². The maximum atomic E-state index is 12.9. The number of benzene rings is 1. The summed E-state index contributed by atoms with van der Waals surface area (Å²) in [6.07, 6.45) is 2.96. The zero-order chi connectivity index (χ0) is 22.8. The molecule has 2 aromatic heterocycles. The van der Waals surface area contributed by atoms with Crippen molar-refractivity contribution in [3.8, 4) is 5.75 Å². The second-order valence-electron chi connectivity index (χ2n) is 6.80. The molecule has 3 rings (SSSR count). The second kappa shape index (κ2) is 11.3. The van der Waals surface area contributed by atoms with E-state index in [2.05, 4.69) is 15.6 Å². The summed E-state index contributed by atoms with van der Waals surface area (Å²) in [7, 11) is 1.54. The largest absolute Gasteiger partial charge is 0.497 e. The van der Waals surface area contributed by atoms with E-state index in [-0.39, 0.29) is 43.7 Å². The molecular formula is C23H24N4O5. The molecule has 0 aliphatic carbocycles. The van der Waals surface area contributed by atoms with Crippen molar-refractivity contribution < 1.29 is 23.5 Å². The van der Waals surface area contributed by atoms with E-state index >= 15 is 0 Å². The van der Waals surface area contributed by atoms with Gasteiger partial charge in [0.1, 0.15) is 23.9 Å². The van der Waals surface area contributed by atoms with Gasteiger partial charge in [-0.3, -0.25) is 14.4 Å². The minimum atomic E-state index is -0.362. The lowest BCUT2D eigenvalue weighted by molar-refractivity contribution is -0.125. The molecule has 0 bridgehead atoms.